The second kappa shape index (κ2) is 11.1. The largest absolute Gasteiger partial charge is 0.483 e. The molecule has 0 radical (unpaired) electrons. The first-order valence-electron chi connectivity index (χ1n) is 9.68. The van der Waals surface area contributed by atoms with Gasteiger partial charge in [0, 0.05) is 5.56 Å². The van der Waals surface area contributed by atoms with E-state index in [1.165, 1.54) is 12.5 Å². The van der Waals surface area contributed by atoms with E-state index in [-0.39, 0.29) is 17.0 Å². The van der Waals surface area contributed by atoms with Gasteiger partial charge in [-0.2, -0.15) is 0 Å². The predicted molar refractivity (Wildman–Crippen MR) is 107 cm³/mol. The highest BCUT2D eigenvalue weighted by atomic mass is 19.1. The van der Waals surface area contributed by atoms with Crippen LogP contribution in [0.4, 0.5) is 8.78 Å². The van der Waals surface area contributed by atoms with Crippen LogP contribution in [-0.4, -0.2) is 23.4 Å². The standard InChI is InChI=1S/C22H26F2N2O3/c1-2-3-4-5-6-8-15-11-12-19(29-14-20(25)27)16(13-15)22(26-28)21-17(23)9-7-10-18(21)24/h7,9-13,28H,2-6,8,14H2,1H3,(H2,25,27). The number of nitrogens with zero attached hydrogens (tertiary/aromatic N) is 1. The molecule has 0 aliphatic heterocycles. The van der Waals surface area contributed by atoms with Crippen LogP contribution in [0.2, 0.25) is 0 Å². The Labute approximate surface area is 169 Å². The molecular weight excluding hydrogens is 378 g/mol. The van der Waals surface area contributed by atoms with E-state index < -0.39 is 29.7 Å². The fourth-order valence-electron chi connectivity index (χ4n) is 3.09. The second-order valence-corrected chi connectivity index (χ2v) is 6.79. The maximum absolute atomic E-state index is 14.3. The number of carbonyl (C=O) groups is 1. The third-order valence-corrected chi connectivity index (χ3v) is 4.54. The summed E-state index contributed by atoms with van der Waals surface area (Å²) in [5, 5.41) is 12.7. The molecule has 0 heterocycles. The number of benzene rings is 2. The molecule has 7 heteroatoms. The number of nitrogens with two attached hydrogens (primary N) is 1. The number of amides is 1. The molecule has 0 atom stereocenters. The smallest absolute Gasteiger partial charge is 0.255 e. The Bertz CT molecular complexity index is 849. The molecule has 0 saturated carbocycles. The van der Waals surface area contributed by atoms with Crippen molar-refractivity contribution in [2.75, 3.05) is 6.61 Å². The highest BCUT2D eigenvalue weighted by Crippen LogP contribution is 2.27. The van der Waals surface area contributed by atoms with Crippen molar-refractivity contribution in [2.45, 2.75) is 45.4 Å². The lowest BCUT2D eigenvalue weighted by atomic mass is 9.96. The Morgan fingerprint density at radius 2 is 1.79 bits per heavy atom. The van der Waals surface area contributed by atoms with E-state index in [0.29, 0.717) is 0 Å². The van der Waals surface area contributed by atoms with Gasteiger partial charge in [0.05, 0.1) is 5.56 Å². The molecule has 156 valence electrons. The molecule has 0 fully saturated rings. The monoisotopic (exact) mass is 404 g/mol. The lowest BCUT2D eigenvalue weighted by Gasteiger charge is -2.15. The summed E-state index contributed by atoms with van der Waals surface area (Å²) < 4.78 is 34.0. The summed E-state index contributed by atoms with van der Waals surface area (Å²) in [6.07, 6.45) is 6.27. The normalized spacial score (nSPS) is 11.5. The summed E-state index contributed by atoms with van der Waals surface area (Å²) in [6, 6.07) is 8.43. The zero-order valence-electron chi connectivity index (χ0n) is 16.5. The first-order valence-corrected chi connectivity index (χ1v) is 9.68. The molecule has 29 heavy (non-hydrogen) atoms. The number of oxime groups is 1. The van der Waals surface area contributed by atoms with Gasteiger partial charge < -0.3 is 15.7 Å². The minimum absolute atomic E-state index is 0.147. The zero-order chi connectivity index (χ0) is 21.2. The van der Waals surface area contributed by atoms with Gasteiger partial charge in [0.25, 0.3) is 5.91 Å². The minimum Gasteiger partial charge on any atom is -0.483 e. The van der Waals surface area contributed by atoms with Crippen LogP contribution in [0, 0.1) is 11.6 Å². The van der Waals surface area contributed by atoms with E-state index in [1.807, 2.05) is 6.07 Å². The highest BCUT2D eigenvalue weighted by molar-refractivity contribution is 6.14. The van der Waals surface area contributed by atoms with Crippen molar-refractivity contribution < 1.29 is 23.5 Å². The molecule has 1 amide bonds. The van der Waals surface area contributed by atoms with Crippen LogP contribution < -0.4 is 10.5 Å². The molecular formula is C22H26F2N2O3. The summed E-state index contributed by atoms with van der Waals surface area (Å²) in [7, 11) is 0. The fraction of sp³-hybridized carbons (Fsp3) is 0.364. The Morgan fingerprint density at radius 1 is 1.10 bits per heavy atom. The van der Waals surface area contributed by atoms with Crippen LogP contribution in [0.15, 0.2) is 41.6 Å². The molecule has 0 aliphatic rings. The van der Waals surface area contributed by atoms with Crippen LogP contribution in [0.3, 0.4) is 0 Å². The van der Waals surface area contributed by atoms with E-state index in [1.54, 1.807) is 12.1 Å². The van der Waals surface area contributed by atoms with Crippen LogP contribution in [0.5, 0.6) is 5.75 Å². The number of hydrogen-bond donors (Lipinski definition) is 2. The highest BCUT2D eigenvalue weighted by Gasteiger charge is 2.22. The summed E-state index contributed by atoms with van der Waals surface area (Å²) >= 11 is 0. The number of primary amides is 1. The van der Waals surface area contributed by atoms with Crippen molar-refractivity contribution in [3.63, 3.8) is 0 Å². The number of hydrogen-bond acceptors (Lipinski definition) is 4. The molecule has 3 N–H and O–H groups in total. The van der Waals surface area contributed by atoms with Crippen molar-refractivity contribution in [2.24, 2.45) is 10.9 Å². The molecule has 2 aromatic rings. The number of halogens is 2. The molecule has 0 aliphatic carbocycles. The van der Waals surface area contributed by atoms with E-state index in [9.17, 15) is 18.8 Å². The van der Waals surface area contributed by atoms with Crippen LogP contribution in [0.25, 0.3) is 0 Å². The van der Waals surface area contributed by atoms with E-state index >= 15 is 0 Å². The Balaban J connectivity index is 2.38. The number of ether oxygens (including phenoxy) is 1. The maximum atomic E-state index is 14.3. The van der Waals surface area contributed by atoms with Gasteiger partial charge in [0.2, 0.25) is 0 Å². The number of aryl methyl sites for hydroxylation is 1. The average Bonchev–Trinajstić information content (AvgIpc) is 2.69. The molecule has 0 spiro atoms. The minimum atomic E-state index is -0.872. The molecule has 0 saturated heterocycles. The van der Waals surface area contributed by atoms with Gasteiger partial charge >= 0.3 is 0 Å². The van der Waals surface area contributed by atoms with Gasteiger partial charge in [-0.05, 0) is 42.7 Å². The Morgan fingerprint density at radius 3 is 2.41 bits per heavy atom. The first-order chi connectivity index (χ1) is 14.0. The number of unbranched alkanes of at least 4 members (excludes halogenated alkanes) is 4. The lowest BCUT2D eigenvalue weighted by molar-refractivity contribution is -0.119. The van der Waals surface area contributed by atoms with Gasteiger partial charge in [-0.3, -0.25) is 4.79 Å². The van der Waals surface area contributed by atoms with Crippen molar-refractivity contribution >= 4 is 11.6 Å². The first kappa shape index (κ1) is 22.3. The number of carbonyl (C=O) groups excluding carboxylic acids is 1. The Kier molecular flexibility index (Phi) is 8.58. The molecule has 0 aromatic heterocycles. The van der Waals surface area contributed by atoms with Gasteiger partial charge in [-0.25, -0.2) is 8.78 Å². The van der Waals surface area contributed by atoms with Crippen molar-refractivity contribution in [1.82, 2.24) is 0 Å². The van der Waals surface area contributed by atoms with Crippen molar-refractivity contribution in [3.8, 4) is 5.75 Å². The van der Waals surface area contributed by atoms with Gasteiger partial charge in [0.15, 0.2) is 6.61 Å². The molecule has 0 unspecified atom stereocenters. The maximum Gasteiger partial charge on any atom is 0.255 e. The lowest BCUT2D eigenvalue weighted by Crippen LogP contribution is -2.21. The van der Waals surface area contributed by atoms with Crippen LogP contribution in [-0.2, 0) is 11.2 Å². The summed E-state index contributed by atoms with van der Waals surface area (Å²) in [5.74, 6) is -2.29. The average molecular weight is 404 g/mol. The molecule has 5 nitrogen and oxygen atoms in total. The summed E-state index contributed by atoms with van der Waals surface area (Å²) in [6.45, 7) is 1.73. The predicted octanol–water partition coefficient (Wildman–Crippen LogP) is 4.57. The van der Waals surface area contributed by atoms with Gasteiger partial charge in [-0.15, -0.1) is 0 Å². The van der Waals surface area contributed by atoms with E-state index in [4.69, 9.17) is 10.5 Å². The Hall–Kier alpha value is -2.96. The third kappa shape index (κ3) is 6.27. The van der Waals surface area contributed by atoms with Crippen molar-refractivity contribution in [1.29, 1.82) is 0 Å². The van der Waals surface area contributed by atoms with E-state index in [0.717, 1.165) is 49.8 Å². The van der Waals surface area contributed by atoms with Gasteiger partial charge in [0.1, 0.15) is 23.1 Å². The summed E-state index contributed by atoms with van der Waals surface area (Å²) in [5.41, 5.74) is 5.43. The summed E-state index contributed by atoms with van der Waals surface area (Å²) in [4.78, 5) is 11.1. The molecule has 2 aromatic carbocycles. The van der Waals surface area contributed by atoms with Crippen LogP contribution in [0.1, 0.15) is 55.7 Å². The topological polar surface area (TPSA) is 84.9 Å². The second-order valence-electron chi connectivity index (χ2n) is 6.79. The van der Waals surface area contributed by atoms with Crippen molar-refractivity contribution in [3.05, 3.63) is 64.7 Å². The fourth-order valence-corrected chi connectivity index (χ4v) is 3.09. The SMILES string of the molecule is CCCCCCCc1ccc(OCC(N)=O)c(C(=NO)c2c(F)cccc2F)c1. The third-order valence-electron chi connectivity index (χ3n) is 4.54. The molecule has 2 rings (SSSR count). The quantitative estimate of drug-likeness (QED) is 0.249. The van der Waals surface area contributed by atoms with Crippen LogP contribution >= 0.6 is 0 Å². The van der Waals surface area contributed by atoms with E-state index in [2.05, 4.69) is 12.1 Å². The zero-order valence-corrected chi connectivity index (χ0v) is 16.5. The molecule has 0 bridgehead atoms. The van der Waals surface area contributed by atoms with Gasteiger partial charge in [-0.1, -0.05) is 49.9 Å². The number of rotatable bonds is 11.